The number of nitrogens with two attached hydrogens (primary N) is 1. The van der Waals surface area contributed by atoms with Crippen molar-refractivity contribution in [2.45, 2.75) is 64.6 Å². The molecule has 0 aromatic heterocycles. The normalized spacial score (nSPS) is 19.1. The Morgan fingerprint density at radius 2 is 1.76 bits per heavy atom. The van der Waals surface area contributed by atoms with Crippen molar-refractivity contribution in [3.8, 4) is 0 Å². The van der Waals surface area contributed by atoms with E-state index in [0.29, 0.717) is 44.9 Å². The molecule has 0 spiro atoms. The van der Waals surface area contributed by atoms with E-state index < -0.39 is 12.1 Å². The summed E-state index contributed by atoms with van der Waals surface area (Å²) in [5.41, 5.74) is 6.82. The van der Waals surface area contributed by atoms with Crippen molar-refractivity contribution in [2.75, 3.05) is 32.8 Å². The van der Waals surface area contributed by atoms with Crippen LogP contribution in [0.25, 0.3) is 0 Å². The van der Waals surface area contributed by atoms with E-state index in [2.05, 4.69) is 5.32 Å². The van der Waals surface area contributed by atoms with Gasteiger partial charge in [0.25, 0.3) is 0 Å². The Labute approximate surface area is 218 Å². The summed E-state index contributed by atoms with van der Waals surface area (Å²) in [6.45, 7) is 4.50. The highest BCUT2D eigenvalue weighted by Crippen LogP contribution is 2.24. The summed E-state index contributed by atoms with van der Waals surface area (Å²) in [6.07, 6.45) is 3.13. The number of benzene rings is 1. The summed E-state index contributed by atoms with van der Waals surface area (Å²) in [7, 11) is 0. The van der Waals surface area contributed by atoms with Gasteiger partial charge in [0.1, 0.15) is 6.61 Å². The van der Waals surface area contributed by atoms with Gasteiger partial charge in [0, 0.05) is 32.6 Å². The molecule has 1 aromatic carbocycles. The molecule has 1 aromatic rings. The number of nitrogens with zero attached hydrogens (tertiary/aromatic N) is 2. The van der Waals surface area contributed by atoms with Crippen LogP contribution in [0.2, 0.25) is 0 Å². The Morgan fingerprint density at radius 1 is 1.03 bits per heavy atom. The number of carbonyl (C=O) groups is 4. The van der Waals surface area contributed by atoms with Gasteiger partial charge in [0.15, 0.2) is 0 Å². The van der Waals surface area contributed by atoms with Crippen LogP contribution >= 0.6 is 0 Å². The van der Waals surface area contributed by atoms with Gasteiger partial charge in [-0.2, -0.15) is 0 Å². The number of nitrogens with one attached hydrogen (secondary N) is 1. The number of hydrogen-bond acceptors (Lipinski definition) is 7. The maximum absolute atomic E-state index is 12.9. The van der Waals surface area contributed by atoms with Crippen molar-refractivity contribution in [3.05, 3.63) is 35.9 Å². The van der Waals surface area contributed by atoms with Gasteiger partial charge in [-0.3, -0.25) is 14.4 Å². The number of esters is 1. The van der Waals surface area contributed by atoms with Gasteiger partial charge in [-0.25, -0.2) is 4.79 Å². The molecule has 204 valence electrons. The average molecular weight is 517 g/mol. The van der Waals surface area contributed by atoms with E-state index in [1.54, 1.807) is 16.7 Å². The summed E-state index contributed by atoms with van der Waals surface area (Å²) in [5, 5.41) is 2.67. The van der Waals surface area contributed by atoms with Gasteiger partial charge in [-0.1, -0.05) is 30.3 Å². The van der Waals surface area contributed by atoms with Crippen LogP contribution in [0.5, 0.6) is 0 Å². The predicted molar refractivity (Wildman–Crippen MR) is 137 cm³/mol. The summed E-state index contributed by atoms with van der Waals surface area (Å²) in [6, 6.07) is 9.61. The Hall–Kier alpha value is -3.14. The fourth-order valence-electron chi connectivity index (χ4n) is 4.87. The van der Waals surface area contributed by atoms with Crippen LogP contribution in [-0.4, -0.2) is 72.6 Å². The molecule has 3 rings (SSSR count). The Balaban J connectivity index is 1.34. The topological polar surface area (TPSA) is 131 Å². The lowest BCUT2D eigenvalue weighted by Crippen LogP contribution is -2.50. The predicted octanol–water partition coefficient (Wildman–Crippen LogP) is 2.41. The van der Waals surface area contributed by atoms with Crippen molar-refractivity contribution < 1.29 is 28.7 Å². The van der Waals surface area contributed by atoms with Crippen molar-refractivity contribution in [1.82, 2.24) is 15.1 Å². The first-order valence-electron chi connectivity index (χ1n) is 13.3. The summed E-state index contributed by atoms with van der Waals surface area (Å²) >= 11 is 0. The fourth-order valence-corrected chi connectivity index (χ4v) is 4.87. The highest BCUT2D eigenvalue weighted by atomic mass is 16.6. The lowest BCUT2D eigenvalue weighted by atomic mass is 9.91. The smallest absolute Gasteiger partial charge is 0.410 e. The second kappa shape index (κ2) is 14.6. The largest absolute Gasteiger partial charge is 0.466 e. The Morgan fingerprint density at radius 3 is 2.46 bits per heavy atom. The third-order valence-corrected chi connectivity index (χ3v) is 7.01. The zero-order valence-corrected chi connectivity index (χ0v) is 21.7. The third kappa shape index (κ3) is 9.35. The Bertz CT molecular complexity index is 903. The molecule has 3 N–H and O–H groups in total. The second-order valence-corrected chi connectivity index (χ2v) is 9.81. The van der Waals surface area contributed by atoms with Crippen molar-refractivity contribution in [1.29, 1.82) is 0 Å². The summed E-state index contributed by atoms with van der Waals surface area (Å²) < 4.78 is 10.3. The molecular formula is C27H40N4O6. The molecule has 10 nitrogen and oxygen atoms in total. The number of rotatable bonds is 10. The quantitative estimate of drug-likeness (QED) is 0.361. The number of amides is 3. The minimum Gasteiger partial charge on any atom is -0.466 e. The van der Waals surface area contributed by atoms with Gasteiger partial charge in [-0.05, 0) is 50.5 Å². The lowest BCUT2D eigenvalue weighted by molar-refractivity contribution is -0.143. The molecule has 0 bridgehead atoms. The average Bonchev–Trinajstić information content (AvgIpc) is 2.91. The summed E-state index contributed by atoms with van der Waals surface area (Å²) in [4.78, 5) is 52.9. The van der Waals surface area contributed by atoms with Crippen molar-refractivity contribution in [2.24, 2.45) is 17.6 Å². The van der Waals surface area contributed by atoms with E-state index in [4.69, 9.17) is 15.2 Å². The second-order valence-electron chi connectivity index (χ2n) is 9.81. The summed E-state index contributed by atoms with van der Waals surface area (Å²) in [5.74, 6) is -0.590. The number of ether oxygens (including phenoxy) is 2. The monoisotopic (exact) mass is 516 g/mol. The van der Waals surface area contributed by atoms with Crippen LogP contribution in [0.4, 0.5) is 4.79 Å². The van der Waals surface area contributed by atoms with Gasteiger partial charge in [0.05, 0.1) is 25.1 Å². The van der Waals surface area contributed by atoms with E-state index >= 15 is 0 Å². The zero-order chi connectivity index (χ0) is 26.6. The van der Waals surface area contributed by atoms with Crippen molar-refractivity contribution in [3.63, 3.8) is 0 Å². The fraction of sp³-hybridized carbons (Fsp3) is 0.630. The van der Waals surface area contributed by atoms with E-state index in [1.165, 1.54) is 0 Å². The van der Waals surface area contributed by atoms with E-state index in [0.717, 1.165) is 31.2 Å². The van der Waals surface area contributed by atoms with Crippen LogP contribution < -0.4 is 11.1 Å². The molecule has 2 aliphatic heterocycles. The molecule has 0 saturated carbocycles. The highest BCUT2D eigenvalue weighted by Gasteiger charge is 2.30. The first-order valence-corrected chi connectivity index (χ1v) is 13.3. The SMILES string of the molecule is CCOC(=O)C[C@@H](N)NC(=O)[C@@H]1CCCN(C(=O)CCC2CCN(C(=O)OCc3ccccc3)CC2)C1. The molecule has 2 aliphatic rings. The maximum Gasteiger partial charge on any atom is 0.410 e. The molecule has 0 unspecified atom stereocenters. The molecule has 3 amide bonds. The van der Waals surface area contributed by atoms with E-state index in [9.17, 15) is 19.2 Å². The molecule has 2 fully saturated rings. The molecule has 0 radical (unpaired) electrons. The molecule has 10 heteroatoms. The van der Waals surface area contributed by atoms with Crippen molar-refractivity contribution >= 4 is 23.9 Å². The van der Waals surface area contributed by atoms with E-state index in [-0.39, 0.29) is 43.5 Å². The van der Waals surface area contributed by atoms with Crippen LogP contribution in [0, 0.1) is 11.8 Å². The number of piperidine rings is 2. The standard InChI is InChI=1S/C27H40N4O6/c1-2-36-25(33)17-23(28)29-26(34)22-9-6-14-31(18-22)24(32)11-10-20-12-15-30(16-13-20)27(35)37-19-21-7-4-3-5-8-21/h3-5,7-8,20,22-23H,2,6,9-19,28H2,1H3,(H,29,34)/t22-,23+/m1/s1. The minimum absolute atomic E-state index is 0.0537. The molecular weight excluding hydrogens is 476 g/mol. The molecule has 2 saturated heterocycles. The molecule has 2 heterocycles. The number of hydrogen-bond donors (Lipinski definition) is 2. The molecule has 0 aliphatic carbocycles. The number of carbonyl (C=O) groups excluding carboxylic acids is 4. The van der Waals surface area contributed by atoms with Crippen LogP contribution in [0.3, 0.4) is 0 Å². The highest BCUT2D eigenvalue weighted by molar-refractivity contribution is 5.82. The van der Waals surface area contributed by atoms with Crippen LogP contribution in [-0.2, 0) is 30.5 Å². The molecule has 37 heavy (non-hydrogen) atoms. The lowest BCUT2D eigenvalue weighted by Gasteiger charge is -2.34. The third-order valence-electron chi connectivity index (χ3n) is 7.01. The van der Waals surface area contributed by atoms with Crippen LogP contribution in [0.1, 0.15) is 57.4 Å². The maximum atomic E-state index is 12.9. The van der Waals surface area contributed by atoms with Gasteiger partial charge < -0.3 is 30.3 Å². The number of likely N-dealkylation sites (tertiary alicyclic amines) is 2. The zero-order valence-electron chi connectivity index (χ0n) is 21.7. The van der Waals surface area contributed by atoms with Crippen LogP contribution in [0.15, 0.2) is 30.3 Å². The molecule has 2 atom stereocenters. The first-order chi connectivity index (χ1) is 17.9. The van der Waals surface area contributed by atoms with Gasteiger partial charge in [-0.15, -0.1) is 0 Å². The first kappa shape index (κ1) is 28.4. The minimum atomic E-state index is -0.806. The Kier molecular flexibility index (Phi) is 11.2. The van der Waals surface area contributed by atoms with E-state index in [1.807, 2.05) is 30.3 Å². The van der Waals surface area contributed by atoms with Gasteiger partial charge in [0.2, 0.25) is 11.8 Å². The van der Waals surface area contributed by atoms with Gasteiger partial charge >= 0.3 is 12.1 Å².